The van der Waals surface area contributed by atoms with E-state index in [1.807, 2.05) is 0 Å². The Morgan fingerprint density at radius 1 is 1.12 bits per heavy atom. The Labute approximate surface area is 201 Å². The fourth-order valence-corrected chi connectivity index (χ4v) is 4.44. The van der Waals surface area contributed by atoms with Crippen LogP contribution in [-0.4, -0.2) is 57.9 Å². The van der Waals surface area contributed by atoms with E-state index in [2.05, 4.69) is 34.7 Å². The molecule has 1 fully saturated rings. The topological polar surface area (TPSA) is 81.1 Å². The molecule has 170 valence electrons. The van der Waals surface area contributed by atoms with Crippen molar-refractivity contribution >= 4 is 45.0 Å². The second-order valence-electron chi connectivity index (χ2n) is 7.59. The van der Waals surface area contributed by atoms with Gasteiger partial charge in [-0.05, 0) is 62.0 Å². The molecule has 0 aliphatic carbocycles. The number of aromatic hydroxyl groups is 1. The summed E-state index contributed by atoms with van der Waals surface area (Å²) in [5, 5.41) is 21.9. The van der Waals surface area contributed by atoms with Crippen LogP contribution in [0.15, 0.2) is 52.5 Å². The van der Waals surface area contributed by atoms with E-state index in [0.29, 0.717) is 28.0 Å². The van der Waals surface area contributed by atoms with Crippen molar-refractivity contribution in [2.75, 3.05) is 26.2 Å². The summed E-state index contributed by atoms with van der Waals surface area (Å²) in [6.07, 6.45) is 0.682. The third-order valence-electron chi connectivity index (χ3n) is 5.71. The number of halogens is 2. The van der Waals surface area contributed by atoms with Gasteiger partial charge in [0.2, 0.25) is 0 Å². The molecule has 6 nitrogen and oxygen atoms in total. The molecule has 0 spiro atoms. The van der Waals surface area contributed by atoms with Gasteiger partial charge in [-0.3, -0.25) is 9.59 Å². The molecule has 0 radical (unpaired) electrons. The Bertz CT molecular complexity index is 1030. The average molecular weight is 522 g/mol. The number of carbonyl (C=O) groups is 2. The van der Waals surface area contributed by atoms with Crippen LogP contribution in [0.2, 0.25) is 5.02 Å². The molecule has 0 aromatic heterocycles. The number of nitrogens with zero attached hydrogens (tertiary/aromatic N) is 2. The minimum Gasteiger partial charge on any atom is -0.507 e. The SMILES string of the molecule is CCN(CC)CCCN1C(=O)C(=O)C(=C(O)c2cc(Br)ccc2O)[C@@H]1c1ccc(Cl)cc1. The lowest BCUT2D eigenvalue weighted by Gasteiger charge is -2.27. The Hall–Kier alpha value is -2.35. The molecule has 1 saturated heterocycles. The average Bonchev–Trinajstić information content (AvgIpc) is 3.03. The number of aliphatic hydroxyl groups is 1. The van der Waals surface area contributed by atoms with Gasteiger partial charge in [-0.1, -0.05) is 53.5 Å². The number of phenolic OH excluding ortho intramolecular Hbond substituents is 1. The summed E-state index contributed by atoms with van der Waals surface area (Å²) in [7, 11) is 0. The van der Waals surface area contributed by atoms with E-state index in [1.54, 1.807) is 30.3 Å². The molecular weight excluding hydrogens is 496 g/mol. The first-order valence-electron chi connectivity index (χ1n) is 10.5. The predicted molar refractivity (Wildman–Crippen MR) is 129 cm³/mol. The molecule has 8 heteroatoms. The van der Waals surface area contributed by atoms with Crippen molar-refractivity contribution in [2.45, 2.75) is 26.3 Å². The minimum absolute atomic E-state index is 0.0476. The van der Waals surface area contributed by atoms with Crippen molar-refractivity contribution in [1.82, 2.24) is 9.80 Å². The van der Waals surface area contributed by atoms with E-state index < -0.39 is 23.5 Å². The highest BCUT2D eigenvalue weighted by Crippen LogP contribution is 2.41. The fraction of sp³-hybridized carbons (Fsp3) is 0.333. The molecule has 2 N–H and O–H groups in total. The Morgan fingerprint density at radius 2 is 1.78 bits per heavy atom. The number of ketones is 1. The van der Waals surface area contributed by atoms with Crippen LogP contribution >= 0.6 is 27.5 Å². The van der Waals surface area contributed by atoms with Crippen molar-refractivity contribution in [3.05, 3.63) is 68.7 Å². The summed E-state index contributed by atoms with van der Waals surface area (Å²) < 4.78 is 0.619. The predicted octanol–water partition coefficient (Wildman–Crippen LogP) is 4.96. The lowest BCUT2D eigenvalue weighted by Crippen LogP contribution is -2.33. The first-order chi connectivity index (χ1) is 15.3. The summed E-state index contributed by atoms with van der Waals surface area (Å²) >= 11 is 9.36. The van der Waals surface area contributed by atoms with Crippen LogP contribution in [0.4, 0.5) is 0 Å². The first-order valence-corrected chi connectivity index (χ1v) is 11.7. The van der Waals surface area contributed by atoms with Crippen LogP contribution in [0.3, 0.4) is 0 Å². The van der Waals surface area contributed by atoms with Crippen LogP contribution in [0.25, 0.3) is 5.76 Å². The molecule has 1 amide bonds. The summed E-state index contributed by atoms with van der Waals surface area (Å²) in [5.74, 6) is -2.04. The number of Topliss-reactive ketones (excluding diaryl/α,β-unsaturated/α-hetero) is 1. The molecule has 2 aromatic carbocycles. The number of phenols is 1. The highest BCUT2D eigenvalue weighted by atomic mass is 79.9. The maximum Gasteiger partial charge on any atom is 0.295 e. The van der Waals surface area contributed by atoms with Gasteiger partial charge in [-0.2, -0.15) is 0 Å². The van der Waals surface area contributed by atoms with Crippen molar-refractivity contribution in [1.29, 1.82) is 0 Å². The van der Waals surface area contributed by atoms with Gasteiger partial charge in [0.1, 0.15) is 11.5 Å². The molecule has 0 saturated carbocycles. The quantitative estimate of drug-likeness (QED) is 0.291. The number of carbonyl (C=O) groups excluding carboxylic acids is 2. The summed E-state index contributed by atoms with van der Waals surface area (Å²) in [6, 6.07) is 10.6. The summed E-state index contributed by atoms with van der Waals surface area (Å²) in [6.45, 7) is 7.10. The molecule has 3 rings (SSSR count). The molecule has 1 heterocycles. The Kier molecular flexibility index (Phi) is 7.98. The van der Waals surface area contributed by atoms with Crippen LogP contribution in [0.5, 0.6) is 5.75 Å². The van der Waals surface area contributed by atoms with Gasteiger partial charge >= 0.3 is 0 Å². The van der Waals surface area contributed by atoms with Crippen LogP contribution in [0, 0.1) is 0 Å². The number of likely N-dealkylation sites (tertiary alicyclic amines) is 1. The van der Waals surface area contributed by atoms with Crippen molar-refractivity contribution < 1.29 is 19.8 Å². The number of hydrogen-bond acceptors (Lipinski definition) is 5. The third-order valence-corrected chi connectivity index (χ3v) is 6.45. The zero-order valence-corrected chi connectivity index (χ0v) is 20.4. The monoisotopic (exact) mass is 520 g/mol. The molecule has 32 heavy (non-hydrogen) atoms. The summed E-state index contributed by atoms with van der Waals surface area (Å²) in [4.78, 5) is 29.8. The lowest BCUT2D eigenvalue weighted by atomic mass is 9.95. The molecule has 1 aliphatic heterocycles. The highest BCUT2D eigenvalue weighted by molar-refractivity contribution is 9.10. The second kappa shape index (κ2) is 10.5. The normalized spacial score (nSPS) is 18.0. The number of benzene rings is 2. The molecule has 1 aliphatic rings. The maximum atomic E-state index is 13.0. The van der Waals surface area contributed by atoms with Crippen LogP contribution < -0.4 is 0 Å². The van der Waals surface area contributed by atoms with Gasteiger partial charge < -0.3 is 20.0 Å². The van der Waals surface area contributed by atoms with Crippen molar-refractivity contribution in [3.63, 3.8) is 0 Å². The molecule has 0 unspecified atom stereocenters. The van der Waals surface area contributed by atoms with Gasteiger partial charge in [0.25, 0.3) is 11.7 Å². The standard InChI is InChI=1S/C24H26BrClN2O4/c1-3-27(4-2)12-5-13-28-21(15-6-9-17(26)10-7-15)20(23(31)24(28)32)22(30)18-14-16(25)8-11-19(18)29/h6-11,14,21,29-30H,3-5,12-13H2,1-2H3/t21-/m0/s1. The van der Waals surface area contributed by atoms with Crippen LogP contribution in [-0.2, 0) is 9.59 Å². The van der Waals surface area contributed by atoms with E-state index in [0.717, 1.165) is 19.6 Å². The van der Waals surface area contributed by atoms with Gasteiger partial charge in [0.15, 0.2) is 0 Å². The van der Waals surface area contributed by atoms with E-state index in [4.69, 9.17) is 11.6 Å². The Morgan fingerprint density at radius 3 is 2.41 bits per heavy atom. The van der Waals surface area contributed by atoms with E-state index in [9.17, 15) is 19.8 Å². The van der Waals surface area contributed by atoms with Crippen molar-refractivity contribution in [2.24, 2.45) is 0 Å². The highest BCUT2D eigenvalue weighted by Gasteiger charge is 2.46. The zero-order chi connectivity index (χ0) is 23.4. The van der Waals surface area contributed by atoms with Crippen LogP contribution in [0.1, 0.15) is 37.4 Å². The van der Waals surface area contributed by atoms with E-state index in [1.165, 1.54) is 17.0 Å². The fourth-order valence-electron chi connectivity index (χ4n) is 3.95. The lowest BCUT2D eigenvalue weighted by molar-refractivity contribution is -0.140. The number of amides is 1. The van der Waals surface area contributed by atoms with Gasteiger partial charge in [0.05, 0.1) is 17.2 Å². The Balaban J connectivity index is 2.06. The van der Waals surface area contributed by atoms with Gasteiger partial charge in [0, 0.05) is 16.0 Å². The largest absolute Gasteiger partial charge is 0.507 e. The van der Waals surface area contributed by atoms with Gasteiger partial charge in [-0.15, -0.1) is 0 Å². The second-order valence-corrected chi connectivity index (χ2v) is 8.94. The minimum atomic E-state index is -0.776. The van der Waals surface area contributed by atoms with Crippen molar-refractivity contribution in [3.8, 4) is 5.75 Å². The molecule has 2 aromatic rings. The molecule has 0 bridgehead atoms. The molecule has 1 atom stereocenters. The summed E-state index contributed by atoms with van der Waals surface area (Å²) in [5.41, 5.74) is 0.695. The number of rotatable bonds is 8. The van der Waals surface area contributed by atoms with Gasteiger partial charge in [-0.25, -0.2) is 0 Å². The zero-order valence-electron chi connectivity index (χ0n) is 18.0. The molecular formula is C24H26BrClN2O4. The number of aliphatic hydroxyl groups excluding tert-OH is 1. The first kappa shape index (κ1) is 24.3. The maximum absolute atomic E-state index is 13.0. The third kappa shape index (κ3) is 5.00. The smallest absolute Gasteiger partial charge is 0.295 e. The van der Waals surface area contributed by atoms with E-state index >= 15 is 0 Å². The van der Waals surface area contributed by atoms with E-state index in [-0.39, 0.29) is 16.9 Å². The number of hydrogen-bond donors (Lipinski definition) is 2.